The lowest BCUT2D eigenvalue weighted by molar-refractivity contribution is 0.229. The lowest BCUT2D eigenvalue weighted by atomic mass is 10.1. The monoisotopic (exact) mass is 303 g/mol. The van der Waals surface area contributed by atoms with Crippen molar-refractivity contribution in [2.75, 3.05) is 24.6 Å². The number of hydrogen-bond acceptors (Lipinski definition) is 4. The summed E-state index contributed by atoms with van der Waals surface area (Å²) in [6.45, 7) is 2.77. The molecule has 0 aliphatic carbocycles. The summed E-state index contributed by atoms with van der Waals surface area (Å²) in [5, 5.41) is 3.84. The highest BCUT2D eigenvalue weighted by molar-refractivity contribution is 7.91. The van der Waals surface area contributed by atoms with Crippen LogP contribution < -0.4 is 10.1 Å². The fourth-order valence-electron chi connectivity index (χ4n) is 2.04. The van der Waals surface area contributed by atoms with Crippen LogP contribution in [0, 0.1) is 0 Å². The largest absolute Gasteiger partial charge is 0.488 e. The van der Waals surface area contributed by atoms with E-state index in [1.807, 2.05) is 18.2 Å². The van der Waals surface area contributed by atoms with Crippen molar-refractivity contribution in [1.82, 2.24) is 5.32 Å². The molecular formula is C13H18ClNO3S. The van der Waals surface area contributed by atoms with Crippen LogP contribution in [0.5, 0.6) is 5.75 Å². The molecule has 0 bridgehead atoms. The Kier molecular flexibility index (Phi) is 4.71. The van der Waals surface area contributed by atoms with Crippen molar-refractivity contribution in [3.63, 3.8) is 0 Å². The molecule has 1 N–H and O–H groups in total. The maximum Gasteiger partial charge on any atom is 0.151 e. The average Bonchev–Trinajstić information content (AvgIpc) is 2.76. The van der Waals surface area contributed by atoms with Crippen molar-refractivity contribution in [1.29, 1.82) is 0 Å². The van der Waals surface area contributed by atoms with Gasteiger partial charge in [0.1, 0.15) is 11.9 Å². The Labute approximate surface area is 119 Å². The molecule has 0 saturated carbocycles. The molecule has 1 heterocycles. The van der Waals surface area contributed by atoms with Crippen LogP contribution >= 0.6 is 11.6 Å². The van der Waals surface area contributed by atoms with Gasteiger partial charge in [0, 0.05) is 30.3 Å². The lowest BCUT2D eigenvalue weighted by Crippen LogP contribution is -2.33. The van der Waals surface area contributed by atoms with Crippen molar-refractivity contribution in [2.24, 2.45) is 0 Å². The molecule has 1 aliphatic rings. The van der Waals surface area contributed by atoms with Crippen molar-refractivity contribution < 1.29 is 13.2 Å². The highest BCUT2D eigenvalue weighted by Gasteiger charge is 2.22. The summed E-state index contributed by atoms with van der Waals surface area (Å²) in [4.78, 5) is 0. The number of fused-ring (bicyclic) bond motifs is 1. The Hall–Kier alpha value is -0.780. The van der Waals surface area contributed by atoms with Crippen LogP contribution in [0.2, 0.25) is 5.02 Å². The van der Waals surface area contributed by atoms with Crippen molar-refractivity contribution >= 4 is 21.4 Å². The summed E-state index contributed by atoms with van der Waals surface area (Å²) in [7, 11) is -2.90. The number of sulfone groups is 1. The predicted octanol–water partition coefficient (Wildman–Crippen LogP) is 1.67. The van der Waals surface area contributed by atoms with Crippen LogP contribution in [-0.2, 0) is 16.3 Å². The zero-order chi connectivity index (χ0) is 13.9. The van der Waals surface area contributed by atoms with E-state index in [-0.39, 0.29) is 17.6 Å². The zero-order valence-electron chi connectivity index (χ0n) is 10.9. The molecule has 1 aromatic carbocycles. The summed E-state index contributed by atoms with van der Waals surface area (Å²) in [5.74, 6) is 1.24. The van der Waals surface area contributed by atoms with Gasteiger partial charge in [0.2, 0.25) is 0 Å². The van der Waals surface area contributed by atoms with Gasteiger partial charge in [0.25, 0.3) is 0 Å². The third-order valence-electron chi connectivity index (χ3n) is 3.17. The van der Waals surface area contributed by atoms with Crippen LogP contribution in [0.3, 0.4) is 0 Å². The fraction of sp³-hybridized carbons (Fsp3) is 0.538. The molecule has 106 valence electrons. The number of hydrogen-bond donors (Lipinski definition) is 1. The van der Waals surface area contributed by atoms with Gasteiger partial charge >= 0.3 is 0 Å². The predicted molar refractivity (Wildman–Crippen MR) is 76.8 cm³/mol. The first-order valence-corrected chi connectivity index (χ1v) is 8.56. The second kappa shape index (κ2) is 6.11. The first kappa shape index (κ1) is 14.6. The standard InChI is InChI=1S/C13H18ClNO3S/c1-2-19(16,17)6-5-15-9-12-8-10-7-11(14)3-4-13(10)18-12/h3-4,7,12,15H,2,5-6,8-9H2,1H3. The average molecular weight is 304 g/mol. The maximum absolute atomic E-state index is 11.3. The summed E-state index contributed by atoms with van der Waals surface area (Å²) in [6, 6.07) is 5.60. The van der Waals surface area contributed by atoms with E-state index in [0.29, 0.717) is 18.1 Å². The van der Waals surface area contributed by atoms with Crippen molar-refractivity contribution in [3.05, 3.63) is 28.8 Å². The van der Waals surface area contributed by atoms with Gasteiger partial charge in [-0.15, -0.1) is 0 Å². The summed E-state index contributed by atoms with van der Waals surface area (Å²) < 4.78 is 28.4. The van der Waals surface area contributed by atoms with Crippen LogP contribution in [0.4, 0.5) is 0 Å². The minimum absolute atomic E-state index is 0.0535. The molecular weight excluding hydrogens is 286 g/mol. The van der Waals surface area contributed by atoms with Crippen LogP contribution in [-0.4, -0.2) is 39.1 Å². The Morgan fingerprint density at radius 3 is 3.00 bits per heavy atom. The first-order valence-electron chi connectivity index (χ1n) is 6.36. The summed E-state index contributed by atoms with van der Waals surface area (Å²) >= 11 is 5.93. The smallest absolute Gasteiger partial charge is 0.151 e. The van der Waals surface area contributed by atoms with Gasteiger partial charge in [0.15, 0.2) is 9.84 Å². The number of benzene rings is 1. The minimum Gasteiger partial charge on any atom is -0.488 e. The van der Waals surface area contributed by atoms with Crippen LogP contribution in [0.15, 0.2) is 18.2 Å². The molecule has 1 aromatic rings. The van der Waals surface area contributed by atoms with Gasteiger partial charge in [-0.25, -0.2) is 8.42 Å². The van der Waals surface area contributed by atoms with Crippen LogP contribution in [0.25, 0.3) is 0 Å². The molecule has 0 amide bonds. The minimum atomic E-state index is -2.90. The molecule has 4 nitrogen and oxygen atoms in total. The zero-order valence-corrected chi connectivity index (χ0v) is 12.4. The van der Waals surface area contributed by atoms with E-state index in [1.165, 1.54) is 0 Å². The second-order valence-electron chi connectivity index (χ2n) is 4.64. The lowest BCUT2D eigenvalue weighted by Gasteiger charge is -2.11. The molecule has 1 unspecified atom stereocenters. The molecule has 1 atom stereocenters. The molecule has 0 saturated heterocycles. The van der Waals surface area contributed by atoms with E-state index in [4.69, 9.17) is 16.3 Å². The molecule has 0 radical (unpaired) electrons. The Bertz CT molecular complexity index is 545. The molecule has 1 aliphatic heterocycles. The number of rotatable bonds is 6. The van der Waals surface area contributed by atoms with E-state index in [2.05, 4.69) is 5.32 Å². The quantitative estimate of drug-likeness (QED) is 0.812. The number of ether oxygens (including phenoxy) is 1. The van der Waals surface area contributed by atoms with Gasteiger partial charge in [-0.3, -0.25) is 0 Å². The first-order chi connectivity index (χ1) is 9.00. The highest BCUT2D eigenvalue weighted by atomic mass is 35.5. The molecule has 2 rings (SSSR count). The summed E-state index contributed by atoms with van der Waals surface area (Å²) in [6.07, 6.45) is 0.862. The molecule has 0 aromatic heterocycles. The molecule has 0 fully saturated rings. The van der Waals surface area contributed by atoms with Crippen molar-refractivity contribution in [3.8, 4) is 5.75 Å². The topological polar surface area (TPSA) is 55.4 Å². The Balaban J connectivity index is 1.75. The third-order valence-corrected chi connectivity index (χ3v) is 5.11. The van der Waals surface area contributed by atoms with Gasteiger partial charge in [0.05, 0.1) is 5.75 Å². The third kappa shape index (κ3) is 4.09. The van der Waals surface area contributed by atoms with E-state index in [9.17, 15) is 8.42 Å². The SMILES string of the molecule is CCS(=O)(=O)CCNCC1Cc2cc(Cl)ccc2O1. The Morgan fingerprint density at radius 2 is 2.26 bits per heavy atom. The van der Waals surface area contributed by atoms with Gasteiger partial charge in [-0.2, -0.15) is 0 Å². The summed E-state index contributed by atoms with van der Waals surface area (Å²) in [5.41, 5.74) is 1.11. The molecule has 6 heteroatoms. The van der Waals surface area contributed by atoms with Crippen molar-refractivity contribution in [2.45, 2.75) is 19.4 Å². The van der Waals surface area contributed by atoms with E-state index in [1.54, 1.807) is 6.92 Å². The van der Waals surface area contributed by atoms with Gasteiger partial charge in [-0.05, 0) is 23.8 Å². The van der Waals surface area contributed by atoms with Crippen LogP contribution in [0.1, 0.15) is 12.5 Å². The highest BCUT2D eigenvalue weighted by Crippen LogP contribution is 2.30. The Morgan fingerprint density at radius 1 is 1.47 bits per heavy atom. The maximum atomic E-state index is 11.3. The van der Waals surface area contributed by atoms with Gasteiger partial charge in [-0.1, -0.05) is 18.5 Å². The second-order valence-corrected chi connectivity index (χ2v) is 7.55. The van der Waals surface area contributed by atoms with E-state index in [0.717, 1.165) is 17.7 Å². The van der Waals surface area contributed by atoms with E-state index < -0.39 is 9.84 Å². The molecule has 0 spiro atoms. The fourth-order valence-corrected chi connectivity index (χ4v) is 2.98. The molecule has 19 heavy (non-hydrogen) atoms. The number of nitrogens with one attached hydrogen (secondary N) is 1. The van der Waals surface area contributed by atoms with Gasteiger partial charge < -0.3 is 10.1 Å². The number of halogens is 1. The van der Waals surface area contributed by atoms with E-state index >= 15 is 0 Å². The normalized spacial score (nSPS) is 18.1.